The lowest BCUT2D eigenvalue weighted by Gasteiger charge is -2.27. The molecule has 0 atom stereocenters. The van der Waals surface area contributed by atoms with E-state index in [0.717, 1.165) is 18.7 Å². The Kier molecular flexibility index (Phi) is 11.6. The zero-order valence-electron chi connectivity index (χ0n) is 23.2. The van der Waals surface area contributed by atoms with Gasteiger partial charge < -0.3 is 0 Å². The van der Waals surface area contributed by atoms with Crippen molar-refractivity contribution in [3.05, 3.63) is 103 Å². The summed E-state index contributed by atoms with van der Waals surface area (Å²) in [5.74, 6) is 0. The lowest BCUT2D eigenvalue weighted by Crippen LogP contribution is -2.33. The summed E-state index contributed by atoms with van der Waals surface area (Å²) in [6.07, 6.45) is 17.3. The minimum Gasteiger partial charge on any atom is -0.252 e. The maximum Gasteiger partial charge on any atom is 0.112 e. The van der Waals surface area contributed by atoms with Crippen LogP contribution in [0.3, 0.4) is 0 Å². The van der Waals surface area contributed by atoms with Crippen molar-refractivity contribution in [1.29, 1.82) is 0 Å². The lowest BCUT2D eigenvalue weighted by atomic mass is 10.1. The van der Waals surface area contributed by atoms with Crippen molar-refractivity contribution in [2.24, 2.45) is 0 Å². The molecule has 0 aliphatic carbocycles. The van der Waals surface area contributed by atoms with Crippen molar-refractivity contribution >= 4 is 23.2 Å². The summed E-state index contributed by atoms with van der Waals surface area (Å²) in [4.78, 5) is 0. The van der Waals surface area contributed by atoms with Crippen LogP contribution in [0.4, 0.5) is 0 Å². The van der Waals surface area contributed by atoms with Crippen LogP contribution in [-0.2, 0) is 13.0 Å². The van der Waals surface area contributed by atoms with Crippen molar-refractivity contribution in [3.63, 3.8) is 0 Å². The molecule has 0 saturated heterocycles. The highest BCUT2D eigenvalue weighted by atomic mass is 31.2. The maximum absolute atomic E-state index is 4.30. The molecule has 0 spiro atoms. The van der Waals surface area contributed by atoms with Crippen LogP contribution in [0.5, 0.6) is 0 Å². The molecule has 3 aromatic carbocycles. The van der Waals surface area contributed by atoms with E-state index in [1.165, 1.54) is 86.3 Å². The minimum atomic E-state index is -1.67. The van der Waals surface area contributed by atoms with Crippen LogP contribution in [0.15, 0.2) is 97.2 Å². The number of hydrogen-bond acceptors (Lipinski definition) is 2. The van der Waals surface area contributed by atoms with Crippen molar-refractivity contribution < 1.29 is 0 Å². The Morgan fingerprint density at radius 3 is 1.55 bits per heavy atom. The number of nitrogens with zero attached hydrogens (tertiary/aromatic N) is 3. The molecular weight excluding hydrogens is 481 g/mol. The molecule has 0 N–H and O–H groups in total. The summed E-state index contributed by atoms with van der Waals surface area (Å²) in [6, 6.07) is 33.9. The Morgan fingerprint density at radius 1 is 0.579 bits per heavy atom. The van der Waals surface area contributed by atoms with E-state index in [-0.39, 0.29) is 0 Å². The summed E-state index contributed by atoms with van der Waals surface area (Å²) < 4.78 is 2.03. The van der Waals surface area contributed by atoms with E-state index in [9.17, 15) is 0 Å². The first-order valence-electron chi connectivity index (χ1n) is 14.8. The quantitative estimate of drug-likeness (QED) is 0.104. The second-order valence-corrected chi connectivity index (χ2v) is 14.1. The molecule has 0 amide bonds. The van der Waals surface area contributed by atoms with Gasteiger partial charge in [0.1, 0.15) is 23.2 Å². The van der Waals surface area contributed by atoms with E-state index >= 15 is 0 Å². The normalized spacial score (nSPS) is 11.6. The molecule has 0 bridgehead atoms. The summed E-state index contributed by atoms with van der Waals surface area (Å²) in [5.41, 5.74) is 1.14. The fraction of sp³-hybridized carbons (Fsp3) is 0.412. The van der Waals surface area contributed by atoms with Gasteiger partial charge in [-0.2, -0.15) is 0 Å². The lowest BCUT2D eigenvalue weighted by molar-refractivity contribution is 0.511. The summed E-state index contributed by atoms with van der Waals surface area (Å²) in [7, 11) is -1.67. The zero-order valence-corrected chi connectivity index (χ0v) is 24.1. The largest absolute Gasteiger partial charge is 0.252 e. The van der Waals surface area contributed by atoms with Crippen LogP contribution in [0.2, 0.25) is 0 Å². The summed E-state index contributed by atoms with van der Waals surface area (Å²) in [6.45, 7) is 3.22. The molecule has 38 heavy (non-hydrogen) atoms. The van der Waals surface area contributed by atoms with Crippen molar-refractivity contribution in [2.75, 3.05) is 6.16 Å². The average molecular weight is 527 g/mol. The molecule has 0 aliphatic heterocycles. The molecular formula is C34H45N3P+. The highest BCUT2D eigenvalue weighted by Gasteiger charge is 2.44. The van der Waals surface area contributed by atoms with Gasteiger partial charge in [0.2, 0.25) is 0 Å². The maximum atomic E-state index is 4.30. The van der Waals surface area contributed by atoms with E-state index < -0.39 is 7.26 Å². The molecule has 0 saturated carbocycles. The molecule has 0 aliphatic rings. The fourth-order valence-corrected chi connectivity index (χ4v) is 9.90. The number of aromatic nitrogens is 3. The second kappa shape index (κ2) is 15.6. The molecule has 3 nitrogen and oxygen atoms in total. The Labute approximate surface area is 231 Å². The third kappa shape index (κ3) is 7.87. The summed E-state index contributed by atoms with van der Waals surface area (Å²) >= 11 is 0. The van der Waals surface area contributed by atoms with Gasteiger partial charge in [-0.15, -0.1) is 5.10 Å². The van der Waals surface area contributed by atoms with E-state index in [4.69, 9.17) is 0 Å². The first-order valence-corrected chi connectivity index (χ1v) is 16.7. The first kappa shape index (κ1) is 28.2. The Morgan fingerprint density at radius 2 is 1.05 bits per heavy atom. The predicted molar refractivity (Wildman–Crippen MR) is 166 cm³/mol. The molecule has 4 heteroatoms. The van der Waals surface area contributed by atoms with Gasteiger partial charge >= 0.3 is 0 Å². The van der Waals surface area contributed by atoms with Crippen molar-refractivity contribution in [2.45, 2.75) is 84.1 Å². The topological polar surface area (TPSA) is 30.7 Å². The molecule has 200 valence electrons. The van der Waals surface area contributed by atoms with Crippen LogP contribution < -0.4 is 15.9 Å². The standard InChI is InChI=1S/C34H45N3P/c1-2-3-21-31-30-37(36-35-31)28-19-8-6-4-5-7-9-20-29-38(32-22-13-10-14-23-32,33-24-15-11-16-25-33)34-26-17-12-18-27-34/h10-18,22-27,30H,2-9,19-21,28-29H2,1H3/q+1. The van der Waals surface area contributed by atoms with Gasteiger partial charge in [0, 0.05) is 12.7 Å². The number of hydrogen-bond donors (Lipinski definition) is 0. The molecule has 1 aromatic heterocycles. The van der Waals surface area contributed by atoms with Gasteiger partial charge in [-0.3, -0.25) is 4.68 Å². The van der Waals surface area contributed by atoms with E-state index in [0.29, 0.717) is 0 Å². The number of aryl methyl sites for hydroxylation is 2. The van der Waals surface area contributed by atoms with Crippen molar-refractivity contribution in [1.82, 2.24) is 15.0 Å². The smallest absolute Gasteiger partial charge is 0.112 e. The SMILES string of the molecule is CCCCc1cn(CCCCCCCCCC[P+](c2ccccc2)(c2ccccc2)c2ccccc2)nn1. The molecule has 0 radical (unpaired) electrons. The van der Waals surface area contributed by atoms with Crippen LogP contribution >= 0.6 is 7.26 Å². The van der Waals surface area contributed by atoms with Crippen LogP contribution in [0.25, 0.3) is 0 Å². The monoisotopic (exact) mass is 526 g/mol. The third-order valence-electron chi connectivity index (χ3n) is 7.59. The fourth-order valence-electron chi connectivity index (χ4n) is 5.49. The average Bonchev–Trinajstić information content (AvgIpc) is 3.44. The molecule has 0 unspecified atom stereocenters. The molecule has 0 fully saturated rings. The molecule has 4 aromatic rings. The number of benzene rings is 3. The number of unbranched alkanes of at least 4 members (excludes halogenated alkanes) is 8. The van der Waals surface area contributed by atoms with Crippen LogP contribution in [0.1, 0.15) is 76.8 Å². The Bertz CT molecular complexity index is 1060. The van der Waals surface area contributed by atoms with Gasteiger partial charge in [-0.25, -0.2) is 0 Å². The van der Waals surface area contributed by atoms with Gasteiger partial charge in [-0.1, -0.05) is 105 Å². The van der Waals surface area contributed by atoms with Crippen LogP contribution in [-0.4, -0.2) is 21.2 Å². The summed E-state index contributed by atoms with van der Waals surface area (Å²) in [5, 5.41) is 13.1. The second-order valence-electron chi connectivity index (χ2n) is 10.4. The van der Waals surface area contributed by atoms with Gasteiger partial charge in [0.15, 0.2) is 0 Å². The zero-order chi connectivity index (χ0) is 26.3. The minimum absolute atomic E-state index is 1.00. The van der Waals surface area contributed by atoms with E-state index in [1.54, 1.807) is 0 Å². The van der Waals surface area contributed by atoms with E-state index in [1.807, 2.05) is 4.68 Å². The molecule has 4 rings (SSSR count). The number of rotatable bonds is 17. The highest BCUT2D eigenvalue weighted by molar-refractivity contribution is 7.95. The van der Waals surface area contributed by atoms with Gasteiger partial charge in [-0.05, 0) is 68.5 Å². The van der Waals surface area contributed by atoms with E-state index in [2.05, 4.69) is 114 Å². The Balaban J connectivity index is 1.24. The predicted octanol–water partition coefficient (Wildman–Crippen LogP) is 7.74. The highest BCUT2D eigenvalue weighted by Crippen LogP contribution is 2.56. The Hall–Kier alpha value is -2.77. The van der Waals surface area contributed by atoms with Crippen LogP contribution in [0, 0.1) is 0 Å². The van der Waals surface area contributed by atoms with Gasteiger partial charge in [0.25, 0.3) is 0 Å². The van der Waals surface area contributed by atoms with Gasteiger partial charge in [0.05, 0.1) is 11.9 Å². The van der Waals surface area contributed by atoms with Crippen molar-refractivity contribution in [3.8, 4) is 0 Å². The molecule has 1 heterocycles. The third-order valence-corrected chi connectivity index (χ3v) is 12.1. The first-order chi connectivity index (χ1) is 18.8.